The number of rotatable bonds is 5. The van der Waals surface area contributed by atoms with Crippen molar-refractivity contribution >= 4 is 49.0 Å². The third kappa shape index (κ3) is 4.10. The summed E-state index contributed by atoms with van der Waals surface area (Å²) in [5.41, 5.74) is 2.13. The molecule has 5 nitrogen and oxygen atoms in total. The minimum Gasteiger partial charge on any atom is -0.342 e. The molecule has 0 aliphatic carbocycles. The van der Waals surface area contributed by atoms with Crippen LogP contribution in [0.2, 0.25) is 0 Å². The number of carbonyl (C=O) groups is 1. The highest BCUT2D eigenvalue weighted by Crippen LogP contribution is 2.33. The van der Waals surface area contributed by atoms with E-state index in [4.69, 9.17) is 4.98 Å². The number of hydrogen-bond acceptors (Lipinski definition) is 6. The Labute approximate surface area is 184 Å². The van der Waals surface area contributed by atoms with E-state index in [1.807, 2.05) is 36.2 Å². The number of benzene rings is 2. The van der Waals surface area contributed by atoms with Crippen LogP contribution in [-0.4, -0.2) is 52.4 Å². The summed E-state index contributed by atoms with van der Waals surface area (Å²) in [4.78, 5) is 26.4. The smallest absolute Gasteiger partial charge is 0.236 e. The van der Waals surface area contributed by atoms with E-state index in [1.165, 1.54) is 14.4 Å². The van der Waals surface area contributed by atoms with Crippen molar-refractivity contribution in [2.24, 2.45) is 0 Å². The zero-order valence-electron chi connectivity index (χ0n) is 17.0. The maximum absolute atomic E-state index is 12.8. The first kappa shape index (κ1) is 19.6. The number of piperidine rings is 1. The lowest BCUT2D eigenvalue weighted by atomic mass is 9.97. The lowest BCUT2D eigenvalue weighted by Gasteiger charge is -2.32. The van der Waals surface area contributed by atoms with Gasteiger partial charge < -0.3 is 4.90 Å². The van der Waals surface area contributed by atoms with Gasteiger partial charge in [0.05, 0.1) is 38.5 Å². The molecule has 1 saturated heterocycles. The molecule has 4 aromatic rings. The fourth-order valence-corrected chi connectivity index (χ4v) is 6.23. The van der Waals surface area contributed by atoms with E-state index >= 15 is 0 Å². The van der Waals surface area contributed by atoms with Crippen LogP contribution in [0.1, 0.15) is 28.8 Å². The zero-order valence-corrected chi connectivity index (χ0v) is 18.6. The number of amides is 1. The van der Waals surface area contributed by atoms with Crippen molar-refractivity contribution < 1.29 is 4.79 Å². The van der Waals surface area contributed by atoms with Gasteiger partial charge in [-0.25, -0.2) is 9.97 Å². The van der Waals surface area contributed by atoms with Crippen molar-refractivity contribution in [1.29, 1.82) is 0 Å². The molecule has 0 bridgehead atoms. The molecule has 0 unspecified atom stereocenters. The van der Waals surface area contributed by atoms with Gasteiger partial charge in [-0.1, -0.05) is 24.3 Å². The second-order valence-corrected chi connectivity index (χ2v) is 10.1. The molecule has 7 heteroatoms. The molecule has 0 atom stereocenters. The van der Waals surface area contributed by atoms with Gasteiger partial charge in [0.2, 0.25) is 5.91 Å². The quantitative estimate of drug-likeness (QED) is 0.453. The maximum Gasteiger partial charge on any atom is 0.236 e. The number of thiazole rings is 2. The minimum absolute atomic E-state index is 0.210. The standard InChI is InChI=1S/C23H24N4OS2/c1-26(14-21-24-17-6-2-4-8-19(17)29-21)15-22(28)27-12-10-16(11-13-27)23-25-18-7-3-5-9-20(18)30-23/h2-9,16H,10-15H2,1H3. The third-order valence-electron chi connectivity index (χ3n) is 5.66. The molecular weight excluding hydrogens is 412 g/mol. The summed E-state index contributed by atoms with van der Waals surface area (Å²) >= 11 is 3.50. The van der Waals surface area contributed by atoms with E-state index in [2.05, 4.69) is 34.1 Å². The number of aromatic nitrogens is 2. The van der Waals surface area contributed by atoms with E-state index in [9.17, 15) is 4.79 Å². The average Bonchev–Trinajstić information content (AvgIpc) is 3.37. The van der Waals surface area contributed by atoms with E-state index in [-0.39, 0.29) is 5.91 Å². The van der Waals surface area contributed by atoms with Crippen molar-refractivity contribution in [3.05, 3.63) is 58.5 Å². The van der Waals surface area contributed by atoms with Crippen LogP contribution in [0.15, 0.2) is 48.5 Å². The highest BCUT2D eigenvalue weighted by atomic mass is 32.1. The lowest BCUT2D eigenvalue weighted by molar-refractivity contribution is -0.133. The SMILES string of the molecule is CN(CC(=O)N1CCC(c2nc3ccccc3s2)CC1)Cc1nc2ccccc2s1. The summed E-state index contributed by atoms with van der Waals surface area (Å²) in [6.07, 6.45) is 1.99. The van der Waals surface area contributed by atoms with Gasteiger partial charge in [-0.2, -0.15) is 0 Å². The Bertz CT molecular complexity index is 1110. The zero-order chi connectivity index (χ0) is 20.5. The largest absolute Gasteiger partial charge is 0.342 e. The number of likely N-dealkylation sites (N-methyl/N-ethyl adjacent to an activating group) is 1. The molecule has 154 valence electrons. The average molecular weight is 437 g/mol. The summed E-state index contributed by atoms with van der Waals surface area (Å²) in [5, 5.41) is 2.28. The molecule has 1 fully saturated rings. The van der Waals surface area contributed by atoms with Crippen LogP contribution in [-0.2, 0) is 11.3 Å². The number of hydrogen-bond donors (Lipinski definition) is 0. The number of nitrogens with zero attached hydrogens (tertiary/aromatic N) is 4. The molecule has 0 spiro atoms. The topological polar surface area (TPSA) is 49.3 Å². The predicted octanol–water partition coefficient (Wildman–Crippen LogP) is 4.74. The van der Waals surface area contributed by atoms with Gasteiger partial charge in [-0.3, -0.25) is 9.69 Å². The van der Waals surface area contributed by atoms with Crippen LogP contribution < -0.4 is 0 Å². The molecule has 5 rings (SSSR count). The third-order valence-corrected chi connectivity index (χ3v) is 7.88. The Hall–Kier alpha value is -2.35. The number of likely N-dealkylation sites (tertiary alicyclic amines) is 1. The molecule has 2 aromatic heterocycles. The minimum atomic E-state index is 0.210. The second kappa shape index (κ2) is 8.41. The summed E-state index contributed by atoms with van der Waals surface area (Å²) < 4.78 is 2.45. The molecule has 3 heterocycles. The van der Waals surface area contributed by atoms with E-state index in [0.717, 1.165) is 42.0 Å². The van der Waals surface area contributed by atoms with Crippen molar-refractivity contribution in [1.82, 2.24) is 19.8 Å². The Morgan fingerprint density at radius 2 is 1.63 bits per heavy atom. The summed E-state index contributed by atoms with van der Waals surface area (Å²) in [6, 6.07) is 16.5. The van der Waals surface area contributed by atoms with Crippen molar-refractivity contribution in [3.63, 3.8) is 0 Å². The van der Waals surface area contributed by atoms with Gasteiger partial charge in [-0.05, 0) is 44.2 Å². The van der Waals surface area contributed by atoms with Gasteiger partial charge in [0.15, 0.2) is 0 Å². The molecule has 1 aliphatic rings. The van der Waals surface area contributed by atoms with Crippen molar-refractivity contribution in [3.8, 4) is 0 Å². The number of para-hydroxylation sites is 2. The first-order valence-electron chi connectivity index (χ1n) is 10.3. The predicted molar refractivity (Wildman–Crippen MR) is 124 cm³/mol. The molecular formula is C23H24N4OS2. The van der Waals surface area contributed by atoms with Gasteiger partial charge in [0.1, 0.15) is 5.01 Å². The lowest BCUT2D eigenvalue weighted by Crippen LogP contribution is -2.42. The van der Waals surface area contributed by atoms with Crippen LogP contribution in [0.3, 0.4) is 0 Å². The van der Waals surface area contributed by atoms with Crippen LogP contribution in [0.4, 0.5) is 0 Å². The van der Waals surface area contributed by atoms with Crippen LogP contribution in [0.25, 0.3) is 20.4 Å². The van der Waals surface area contributed by atoms with Gasteiger partial charge >= 0.3 is 0 Å². The molecule has 1 amide bonds. The van der Waals surface area contributed by atoms with Gasteiger partial charge in [-0.15, -0.1) is 22.7 Å². The fourth-order valence-electron chi connectivity index (χ4n) is 4.05. The molecule has 30 heavy (non-hydrogen) atoms. The Morgan fingerprint density at radius 3 is 2.30 bits per heavy atom. The first-order chi connectivity index (χ1) is 14.7. The number of carbonyl (C=O) groups excluding carboxylic acids is 1. The van der Waals surface area contributed by atoms with E-state index in [1.54, 1.807) is 22.7 Å². The monoisotopic (exact) mass is 436 g/mol. The molecule has 0 saturated carbocycles. The van der Waals surface area contributed by atoms with Crippen molar-refractivity contribution in [2.75, 3.05) is 26.7 Å². The maximum atomic E-state index is 12.8. The second-order valence-electron chi connectivity index (χ2n) is 7.92. The summed E-state index contributed by atoms with van der Waals surface area (Å²) in [7, 11) is 2.00. The molecule has 1 aliphatic heterocycles. The number of fused-ring (bicyclic) bond motifs is 2. The fraction of sp³-hybridized carbons (Fsp3) is 0.348. The van der Waals surface area contributed by atoms with Gasteiger partial charge in [0.25, 0.3) is 0 Å². The van der Waals surface area contributed by atoms with Crippen LogP contribution in [0.5, 0.6) is 0 Å². The highest BCUT2D eigenvalue weighted by Gasteiger charge is 2.26. The molecule has 0 N–H and O–H groups in total. The Morgan fingerprint density at radius 1 is 1.00 bits per heavy atom. The normalized spacial score (nSPS) is 15.5. The van der Waals surface area contributed by atoms with E-state index < -0.39 is 0 Å². The first-order valence-corrected chi connectivity index (χ1v) is 12.0. The van der Waals surface area contributed by atoms with E-state index in [0.29, 0.717) is 19.0 Å². The van der Waals surface area contributed by atoms with Crippen LogP contribution >= 0.6 is 22.7 Å². The van der Waals surface area contributed by atoms with Crippen molar-refractivity contribution in [2.45, 2.75) is 25.3 Å². The van der Waals surface area contributed by atoms with Crippen LogP contribution in [0, 0.1) is 0 Å². The molecule has 2 aromatic carbocycles. The summed E-state index contributed by atoms with van der Waals surface area (Å²) in [6.45, 7) is 2.76. The highest BCUT2D eigenvalue weighted by molar-refractivity contribution is 7.18. The van der Waals surface area contributed by atoms with Gasteiger partial charge in [0, 0.05) is 19.0 Å². The Balaban J connectivity index is 1.15. The Kier molecular flexibility index (Phi) is 5.50. The summed E-state index contributed by atoms with van der Waals surface area (Å²) in [5.74, 6) is 0.674. The molecule has 0 radical (unpaired) electrons.